The summed E-state index contributed by atoms with van der Waals surface area (Å²) in [5, 5.41) is 9.98. The summed E-state index contributed by atoms with van der Waals surface area (Å²) in [7, 11) is 0. The van der Waals surface area contributed by atoms with Gasteiger partial charge in [-0.25, -0.2) is 0 Å². The van der Waals surface area contributed by atoms with Crippen molar-refractivity contribution in [1.29, 1.82) is 0 Å². The second-order valence-corrected chi connectivity index (χ2v) is 7.23. The van der Waals surface area contributed by atoms with Gasteiger partial charge in [0.2, 0.25) is 5.91 Å². The van der Waals surface area contributed by atoms with Crippen molar-refractivity contribution in [3.05, 3.63) is 54.1 Å². The van der Waals surface area contributed by atoms with Crippen LogP contribution in [-0.4, -0.2) is 42.8 Å². The number of carbonyl (C=O) groups excluding carboxylic acids is 2. The van der Waals surface area contributed by atoms with Crippen LogP contribution in [0.2, 0.25) is 0 Å². The van der Waals surface area contributed by atoms with Crippen molar-refractivity contribution in [2.75, 3.05) is 29.4 Å². The first-order valence-electron chi connectivity index (χ1n) is 9.43. The third-order valence-corrected chi connectivity index (χ3v) is 5.43. The maximum Gasteiger partial charge on any atom is 0.296 e. The SMILES string of the molecule is NC(=O)c1ccc2c(c1)N(CC1CCN(c3ccccc3)CC1)C(=O)C(O)O2. The predicted molar refractivity (Wildman–Crippen MR) is 105 cm³/mol. The number of rotatable bonds is 4. The average molecular weight is 381 g/mol. The molecule has 2 amide bonds. The van der Waals surface area contributed by atoms with E-state index < -0.39 is 18.1 Å². The summed E-state index contributed by atoms with van der Waals surface area (Å²) in [6, 6.07) is 14.9. The van der Waals surface area contributed by atoms with Gasteiger partial charge in [0.15, 0.2) is 0 Å². The molecule has 0 spiro atoms. The Bertz CT molecular complexity index is 878. The van der Waals surface area contributed by atoms with Gasteiger partial charge in [-0.3, -0.25) is 9.59 Å². The largest absolute Gasteiger partial charge is 0.453 e. The molecule has 0 aromatic heterocycles. The van der Waals surface area contributed by atoms with Crippen LogP contribution in [0.4, 0.5) is 11.4 Å². The zero-order valence-electron chi connectivity index (χ0n) is 15.5. The molecule has 1 fully saturated rings. The molecule has 0 radical (unpaired) electrons. The molecule has 7 heteroatoms. The Hall–Kier alpha value is -3.06. The number of primary amides is 1. The zero-order valence-corrected chi connectivity index (χ0v) is 15.5. The Labute approximate surface area is 163 Å². The number of anilines is 2. The first-order chi connectivity index (χ1) is 13.5. The molecule has 0 aliphatic carbocycles. The first-order valence-corrected chi connectivity index (χ1v) is 9.43. The normalized spacial score (nSPS) is 19.9. The summed E-state index contributed by atoms with van der Waals surface area (Å²) < 4.78 is 5.28. The van der Waals surface area contributed by atoms with E-state index in [2.05, 4.69) is 17.0 Å². The average Bonchev–Trinajstić information content (AvgIpc) is 2.72. The minimum atomic E-state index is -1.53. The summed E-state index contributed by atoms with van der Waals surface area (Å²) in [4.78, 5) is 27.9. The number of nitrogens with two attached hydrogens (primary N) is 1. The lowest BCUT2D eigenvalue weighted by molar-refractivity contribution is -0.142. The quantitative estimate of drug-likeness (QED) is 0.841. The van der Waals surface area contributed by atoms with E-state index >= 15 is 0 Å². The van der Waals surface area contributed by atoms with Crippen molar-refractivity contribution < 1.29 is 19.4 Å². The van der Waals surface area contributed by atoms with Crippen LogP contribution in [0.15, 0.2) is 48.5 Å². The van der Waals surface area contributed by atoms with Gasteiger partial charge in [-0.1, -0.05) is 18.2 Å². The number of ether oxygens (including phenoxy) is 1. The molecule has 1 atom stereocenters. The first kappa shape index (κ1) is 18.3. The van der Waals surface area contributed by atoms with E-state index in [0.717, 1.165) is 25.9 Å². The van der Waals surface area contributed by atoms with E-state index in [-0.39, 0.29) is 0 Å². The molecule has 3 N–H and O–H groups in total. The lowest BCUT2D eigenvalue weighted by Gasteiger charge is -2.38. The lowest BCUT2D eigenvalue weighted by atomic mass is 9.95. The highest BCUT2D eigenvalue weighted by Gasteiger charge is 2.35. The Morgan fingerprint density at radius 1 is 1.14 bits per heavy atom. The number of benzene rings is 2. The monoisotopic (exact) mass is 381 g/mol. The summed E-state index contributed by atoms with van der Waals surface area (Å²) in [5.41, 5.74) is 7.36. The van der Waals surface area contributed by atoms with E-state index in [9.17, 15) is 14.7 Å². The fourth-order valence-electron chi connectivity index (χ4n) is 3.86. The van der Waals surface area contributed by atoms with Gasteiger partial charge >= 0.3 is 0 Å². The number of piperidine rings is 1. The number of amides is 2. The Morgan fingerprint density at radius 3 is 2.54 bits per heavy atom. The molecule has 2 aromatic rings. The van der Waals surface area contributed by atoms with E-state index in [1.54, 1.807) is 12.1 Å². The van der Waals surface area contributed by atoms with Crippen LogP contribution in [0, 0.1) is 5.92 Å². The molecular formula is C21H23N3O4. The predicted octanol–water partition coefficient (Wildman–Crippen LogP) is 1.75. The Morgan fingerprint density at radius 2 is 1.86 bits per heavy atom. The van der Waals surface area contributed by atoms with Gasteiger partial charge in [-0.15, -0.1) is 0 Å². The Balaban J connectivity index is 1.49. The minimum absolute atomic E-state index is 0.291. The van der Waals surface area contributed by atoms with Crippen molar-refractivity contribution in [3.8, 4) is 5.75 Å². The maximum absolute atomic E-state index is 12.6. The highest BCUT2D eigenvalue weighted by atomic mass is 16.6. The third kappa shape index (κ3) is 3.53. The van der Waals surface area contributed by atoms with Crippen LogP contribution < -0.4 is 20.3 Å². The van der Waals surface area contributed by atoms with Gasteiger partial charge < -0.3 is 25.4 Å². The van der Waals surface area contributed by atoms with E-state index in [0.29, 0.717) is 29.5 Å². The summed E-state index contributed by atoms with van der Waals surface area (Å²) in [6.07, 6.45) is 0.331. The van der Waals surface area contributed by atoms with E-state index in [4.69, 9.17) is 10.5 Å². The second kappa shape index (κ2) is 7.52. The number of para-hydroxylation sites is 1. The van der Waals surface area contributed by atoms with Gasteiger partial charge in [0.05, 0.1) is 5.69 Å². The highest BCUT2D eigenvalue weighted by Crippen LogP contribution is 2.36. The molecule has 7 nitrogen and oxygen atoms in total. The molecule has 2 heterocycles. The van der Waals surface area contributed by atoms with Gasteiger partial charge in [0.25, 0.3) is 12.2 Å². The topological polar surface area (TPSA) is 96.1 Å². The number of carbonyl (C=O) groups is 2. The number of fused-ring (bicyclic) bond motifs is 1. The number of hydrogen-bond donors (Lipinski definition) is 2. The summed E-state index contributed by atoms with van der Waals surface area (Å²) in [6.45, 7) is 2.28. The maximum atomic E-state index is 12.6. The smallest absolute Gasteiger partial charge is 0.296 e. The molecule has 0 saturated carbocycles. The fraction of sp³-hybridized carbons (Fsp3) is 0.333. The molecule has 146 valence electrons. The van der Waals surface area contributed by atoms with Gasteiger partial charge in [0.1, 0.15) is 5.75 Å². The van der Waals surface area contributed by atoms with Crippen molar-refractivity contribution >= 4 is 23.2 Å². The molecule has 1 unspecified atom stereocenters. The zero-order chi connectivity index (χ0) is 19.7. The van der Waals surface area contributed by atoms with Crippen LogP contribution >= 0.6 is 0 Å². The number of nitrogens with zero attached hydrogens (tertiary/aromatic N) is 2. The van der Waals surface area contributed by atoms with E-state index in [1.807, 2.05) is 18.2 Å². The van der Waals surface area contributed by atoms with Crippen molar-refractivity contribution in [1.82, 2.24) is 0 Å². The molecule has 1 saturated heterocycles. The molecular weight excluding hydrogens is 358 g/mol. The standard InChI is InChI=1S/C21H23N3O4/c22-19(25)15-6-7-18-17(12-15)24(20(26)21(27)28-18)13-14-8-10-23(11-9-14)16-4-2-1-3-5-16/h1-7,12,14,21,27H,8-11,13H2,(H2,22,25). The number of hydrogen-bond acceptors (Lipinski definition) is 5. The molecule has 2 aliphatic heterocycles. The van der Waals surface area contributed by atoms with Crippen LogP contribution in [-0.2, 0) is 4.79 Å². The van der Waals surface area contributed by atoms with Crippen LogP contribution in [0.25, 0.3) is 0 Å². The van der Waals surface area contributed by atoms with E-state index in [1.165, 1.54) is 16.7 Å². The molecule has 28 heavy (non-hydrogen) atoms. The van der Waals surface area contributed by atoms with Crippen LogP contribution in [0.1, 0.15) is 23.2 Å². The second-order valence-electron chi connectivity index (χ2n) is 7.23. The van der Waals surface area contributed by atoms with Crippen molar-refractivity contribution in [3.63, 3.8) is 0 Å². The number of aliphatic hydroxyl groups is 1. The van der Waals surface area contributed by atoms with Crippen molar-refractivity contribution in [2.45, 2.75) is 19.1 Å². The highest BCUT2D eigenvalue weighted by molar-refractivity contribution is 6.01. The summed E-state index contributed by atoms with van der Waals surface area (Å²) >= 11 is 0. The van der Waals surface area contributed by atoms with Crippen molar-refractivity contribution in [2.24, 2.45) is 11.7 Å². The molecule has 2 aromatic carbocycles. The minimum Gasteiger partial charge on any atom is -0.453 e. The lowest BCUT2D eigenvalue weighted by Crippen LogP contribution is -2.49. The van der Waals surface area contributed by atoms with Gasteiger partial charge in [0, 0.05) is 30.9 Å². The molecule has 4 rings (SSSR count). The summed E-state index contributed by atoms with van der Waals surface area (Å²) in [5.74, 6) is -0.421. The Kier molecular flexibility index (Phi) is 4.92. The van der Waals surface area contributed by atoms with Crippen LogP contribution in [0.3, 0.4) is 0 Å². The third-order valence-electron chi connectivity index (χ3n) is 5.43. The van der Waals surface area contributed by atoms with Crippen LogP contribution in [0.5, 0.6) is 5.75 Å². The molecule has 2 aliphatic rings. The van der Waals surface area contributed by atoms with Gasteiger partial charge in [-0.2, -0.15) is 0 Å². The molecule has 0 bridgehead atoms. The number of aliphatic hydroxyl groups excluding tert-OH is 1. The van der Waals surface area contributed by atoms with Gasteiger partial charge in [-0.05, 0) is 49.1 Å². The fourth-order valence-corrected chi connectivity index (χ4v) is 3.86.